The summed E-state index contributed by atoms with van der Waals surface area (Å²) in [5.41, 5.74) is 2.78. The summed E-state index contributed by atoms with van der Waals surface area (Å²) in [5, 5.41) is 3.65. The average Bonchev–Trinajstić information content (AvgIpc) is 3.04. The summed E-state index contributed by atoms with van der Waals surface area (Å²) in [4.78, 5) is 17.0. The Morgan fingerprint density at radius 1 is 1.38 bits per heavy atom. The van der Waals surface area contributed by atoms with Crippen LogP contribution in [0.5, 0.6) is 0 Å². The lowest BCUT2D eigenvalue weighted by atomic mass is 9.88. The maximum atomic E-state index is 11.4. The van der Waals surface area contributed by atoms with E-state index >= 15 is 0 Å². The summed E-state index contributed by atoms with van der Waals surface area (Å²) in [6, 6.07) is 6.42. The van der Waals surface area contributed by atoms with E-state index in [2.05, 4.69) is 41.3 Å². The zero-order valence-corrected chi connectivity index (χ0v) is 12.6. The first-order valence-electron chi connectivity index (χ1n) is 7.76. The zero-order valence-electron chi connectivity index (χ0n) is 12.6. The first-order chi connectivity index (χ1) is 10.2. The number of aromatic amines is 2. The molecule has 0 bridgehead atoms. The minimum Gasteiger partial charge on any atom is -0.378 e. The third-order valence-corrected chi connectivity index (χ3v) is 4.38. The lowest BCUT2D eigenvalue weighted by Crippen LogP contribution is -2.32. The minimum atomic E-state index is -0.155. The van der Waals surface area contributed by atoms with E-state index in [-0.39, 0.29) is 17.8 Å². The SMILES string of the molecule is CCCNC(c1ccc2[nH]c(=O)[nH]c2c1)C1CCOC1C. The van der Waals surface area contributed by atoms with Gasteiger partial charge in [0.1, 0.15) is 0 Å². The van der Waals surface area contributed by atoms with Crippen molar-refractivity contribution in [1.29, 1.82) is 0 Å². The first kappa shape index (κ1) is 14.4. The van der Waals surface area contributed by atoms with Gasteiger partial charge in [0, 0.05) is 18.6 Å². The topological polar surface area (TPSA) is 69.9 Å². The van der Waals surface area contributed by atoms with Crippen LogP contribution in [0.25, 0.3) is 11.0 Å². The van der Waals surface area contributed by atoms with Crippen LogP contribution in [0.1, 0.15) is 38.3 Å². The van der Waals surface area contributed by atoms with E-state index in [1.54, 1.807) is 0 Å². The summed E-state index contributed by atoms with van der Waals surface area (Å²) in [6.07, 6.45) is 2.44. The molecule has 1 aliphatic rings. The van der Waals surface area contributed by atoms with Crippen molar-refractivity contribution in [1.82, 2.24) is 15.3 Å². The van der Waals surface area contributed by atoms with Crippen LogP contribution in [0.2, 0.25) is 0 Å². The molecule has 3 N–H and O–H groups in total. The molecule has 5 heteroatoms. The van der Waals surface area contributed by atoms with Crippen molar-refractivity contribution >= 4 is 11.0 Å². The molecule has 114 valence electrons. The molecule has 1 aromatic heterocycles. The molecular formula is C16H23N3O2. The largest absolute Gasteiger partial charge is 0.378 e. The Hall–Kier alpha value is -1.59. The molecule has 2 aromatic rings. The van der Waals surface area contributed by atoms with Crippen LogP contribution in [-0.2, 0) is 4.74 Å². The van der Waals surface area contributed by atoms with Crippen molar-refractivity contribution < 1.29 is 4.74 Å². The van der Waals surface area contributed by atoms with E-state index in [0.717, 1.165) is 37.0 Å². The van der Waals surface area contributed by atoms with Gasteiger partial charge in [-0.2, -0.15) is 0 Å². The number of fused-ring (bicyclic) bond motifs is 1. The number of benzene rings is 1. The summed E-state index contributed by atoms with van der Waals surface area (Å²) in [5.74, 6) is 0.472. The fraction of sp³-hybridized carbons (Fsp3) is 0.562. The molecule has 5 nitrogen and oxygen atoms in total. The highest BCUT2D eigenvalue weighted by Crippen LogP contribution is 2.34. The Balaban J connectivity index is 1.94. The number of H-pyrrole nitrogens is 2. The Bertz CT molecular complexity index is 661. The van der Waals surface area contributed by atoms with Gasteiger partial charge in [0.05, 0.1) is 17.1 Å². The molecule has 1 saturated heterocycles. The smallest absolute Gasteiger partial charge is 0.323 e. The molecule has 0 amide bonds. The average molecular weight is 289 g/mol. The van der Waals surface area contributed by atoms with E-state index in [1.165, 1.54) is 5.56 Å². The van der Waals surface area contributed by atoms with E-state index in [4.69, 9.17) is 4.74 Å². The molecule has 3 unspecified atom stereocenters. The van der Waals surface area contributed by atoms with Gasteiger partial charge in [-0.25, -0.2) is 4.79 Å². The Kier molecular flexibility index (Phi) is 4.12. The zero-order chi connectivity index (χ0) is 14.8. The molecule has 21 heavy (non-hydrogen) atoms. The van der Waals surface area contributed by atoms with Gasteiger partial charge in [-0.1, -0.05) is 13.0 Å². The lowest BCUT2D eigenvalue weighted by molar-refractivity contribution is 0.0954. The molecule has 1 aliphatic heterocycles. The maximum absolute atomic E-state index is 11.4. The van der Waals surface area contributed by atoms with Crippen LogP contribution in [0.4, 0.5) is 0 Å². The number of imidazole rings is 1. The predicted molar refractivity (Wildman–Crippen MR) is 83.5 cm³/mol. The van der Waals surface area contributed by atoms with Crippen LogP contribution in [0.3, 0.4) is 0 Å². The van der Waals surface area contributed by atoms with Crippen molar-refractivity contribution in [2.24, 2.45) is 5.92 Å². The Morgan fingerprint density at radius 3 is 2.90 bits per heavy atom. The number of aromatic nitrogens is 2. The summed E-state index contributed by atoms with van der Waals surface area (Å²) >= 11 is 0. The van der Waals surface area contributed by atoms with Gasteiger partial charge < -0.3 is 20.0 Å². The van der Waals surface area contributed by atoms with Crippen molar-refractivity contribution in [3.63, 3.8) is 0 Å². The molecule has 3 atom stereocenters. The summed E-state index contributed by atoms with van der Waals surface area (Å²) in [7, 11) is 0. The number of hydrogen-bond acceptors (Lipinski definition) is 3. The van der Waals surface area contributed by atoms with Gasteiger partial charge >= 0.3 is 5.69 Å². The predicted octanol–water partition coefficient (Wildman–Crippen LogP) is 2.32. The third-order valence-electron chi connectivity index (χ3n) is 4.38. The molecule has 1 aromatic carbocycles. The first-order valence-corrected chi connectivity index (χ1v) is 7.76. The second kappa shape index (κ2) is 6.03. The maximum Gasteiger partial charge on any atom is 0.323 e. The van der Waals surface area contributed by atoms with Crippen molar-refractivity contribution in [2.75, 3.05) is 13.2 Å². The van der Waals surface area contributed by atoms with E-state index in [1.807, 2.05) is 6.07 Å². The fourth-order valence-corrected chi connectivity index (χ4v) is 3.25. The molecule has 2 heterocycles. The van der Waals surface area contributed by atoms with Gasteiger partial charge in [-0.3, -0.25) is 0 Å². The van der Waals surface area contributed by atoms with Crippen LogP contribution < -0.4 is 11.0 Å². The monoisotopic (exact) mass is 289 g/mol. The second-order valence-electron chi connectivity index (χ2n) is 5.84. The molecule has 0 spiro atoms. The molecule has 0 aliphatic carbocycles. The fourth-order valence-electron chi connectivity index (χ4n) is 3.25. The second-order valence-corrected chi connectivity index (χ2v) is 5.84. The number of hydrogen-bond donors (Lipinski definition) is 3. The van der Waals surface area contributed by atoms with Gasteiger partial charge in [0.2, 0.25) is 0 Å². The van der Waals surface area contributed by atoms with E-state index in [9.17, 15) is 4.79 Å². The van der Waals surface area contributed by atoms with Crippen LogP contribution in [-0.4, -0.2) is 29.2 Å². The molecule has 0 saturated carbocycles. The van der Waals surface area contributed by atoms with Gasteiger partial charge in [-0.15, -0.1) is 0 Å². The minimum absolute atomic E-state index is 0.155. The Labute approximate surface area is 124 Å². The molecular weight excluding hydrogens is 266 g/mol. The van der Waals surface area contributed by atoms with Crippen LogP contribution in [0, 0.1) is 5.92 Å². The third kappa shape index (κ3) is 2.89. The van der Waals surface area contributed by atoms with Crippen LogP contribution >= 0.6 is 0 Å². The normalized spacial score (nSPS) is 23.7. The van der Waals surface area contributed by atoms with E-state index in [0.29, 0.717) is 5.92 Å². The summed E-state index contributed by atoms with van der Waals surface area (Å²) in [6.45, 7) is 6.13. The van der Waals surface area contributed by atoms with Crippen molar-refractivity contribution in [3.8, 4) is 0 Å². The molecule has 3 rings (SSSR count). The molecule has 1 fully saturated rings. The van der Waals surface area contributed by atoms with E-state index < -0.39 is 0 Å². The summed E-state index contributed by atoms with van der Waals surface area (Å²) < 4.78 is 5.74. The number of nitrogens with one attached hydrogen (secondary N) is 3. The highest BCUT2D eigenvalue weighted by Gasteiger charge is 2.32. The number of rotatable bonds is 5. The quantitative estimate of drug-likeness (QED) is 0.791. The van der Waals surface area contributed by atoms with Gasteiger partial charge in [0.15, 0.2) is 0 Å². The standard InChI is InChI=1S/C16H23N3O2/c1-3-7-17-15(12-6-8-21-10(12)2)11-4-5-13-14(9-11)19-16(20)18-13/h4-5,9-10,12,15,17H,3,6-8H2,1-2H3,(H2,18,19,20). The lowest BCUT2D eigenvalue weighted by Gasteiger charge is -2.27. The van der Waals surface area contributed by atoms with Gasteiger partial charge in [0.25, 0.3) is 0 Å². The van der Waals surface area contributed by atoms with Gasteiger partial charge in [-0.05, 0) is 44.0 Å². The number of ether oxygens (including phenoxy) is 1. The Morgan fingerprint density at radius 2 is 2.19 bits per heavy atom. The van der Waals surface area contributed by atoms with Crippen LogP contribution in [0.15, 0.2) is 23.0 Å². The molecule has 0 radical (unpaired) electrons. The highest BCUT2D eigenvalue weighted by molar-refractivity contribution is 5.75. The van der Waals surface area contributed by atoms with Crippen molar-refractivity contribution in [2.45, 2.75) is 38.8 Å². The van der Waals surface area contributed by atoms with Crippen molar-refractivity contribution in [3.05, 3.63) is 34.2 Å². The highest BCUT2D eigenvalue weighted by atomic mass is 16.5.